The fourth-order valence-corrected chi connectivity index (χ4v) is 2.60. The van der Waals surface area contributed by atoms with Gasteiger partial charge < -0.3 is 15.8 Å². The summed E-state index contributed by atoms with van der Waals surface area (Å²) in [5.41, 5.74) is 6.87. The lowest BCUT2D eigenvalue weighted by Gasteiger charge is -2.12. The van der Waals surface area contributed by atoms with E-state index in [9.17, 15) is 4.79 Å². The lowest BCUT2D eigenvalue weighted by Crippen LogP contribution is -2.25. The predicted octanol–water partition coefficient (Wildman–Crippen LogP) is 4.33. The average Bonchev–Trinajstić information content (AvgIpc) is 2.55. The zero-order chi connectivity index (χ0) is 18.4. The highest BCUT2D eigenvalue weighted by atomic mass is 35.5. The van der Waals surface area contributed by atoms with E-state index < -0.39 is 0 Å². The molecule has 0 spiro atoms. The topological polar surface area (TPSA) is 77.2 Å². The predicted molar refractivity (Wildman–Crippen MR) is 101 cm³/mol. The summed E-state index contributed by atoms with van der Waals surface area (Å²) >= 11 is 12.2. The molecule has 0 saturated carbocycles. The van der Waals surface area contributed by atoms with Crippen LogP contribution in [0.4, 0.5) is 5.82 Å². The number of carbonyl (C=O) groups is 1. The molecule has 1 heterocycles. The molecule has 0 radical (unpaired) electrons. The Morgan fingerprint density at radius 2 is 2.00 bits per heavy atom. The Morgan fingerprint density at radius 3 is 2.64 bits per heavy atom. The van der Waals surface area contributed by atoms with Gasteiger partial charge in [-0.25, -0.2) is 4.98 Å². The van der Waals surface area contributed by atoms with Gasteiger partial charge in [-0.15, -0.1) is 0 Å². The van der Waals surface area contributed by atoms with Crippen LogP contribution in [0.1, 0.15) is 36.2 Å². The standard InChI is InChI=1S/C18H21Cl2N3O2/c1-11(2)6-7-22-18(24)12-8-16(17(21)23-9-12)25-10-13-14(19)4-3-5-15(13)20/h3-5,8-9,11H,6-7,10H2,1-2H3,(H2,21,23)(H,22,24). The maximum atomic E-state index is 12.2. The van der Waals surface area contributed by atoms with E-state index >= 15 is 0 Å². The number of hydrogen-bond donors (Lipinski definition) is 2. The number of ether oxygens (including phenoxy) is 1. The van der Waals surface area contributed by atoms with Crippen molar-refractivity contribution in [1.29, 1.82) is 0 Å². The molecule has 2 aromatic rings. The minimum atomic E-state index is -0.214. The number of amides is 1. The highest BCUT2D eigenvalue weighted by Crippen LogP contribution is 2.27. The molecule has 5 nitrogen and oxygen atoms in total. The molecule has 1 aromatic carbocycles. The first-order valence-corrected chi connectivity index (χ1v) is 8.73. The number of aromatic nitrogens is 1. The number of nitrogens with zero attached hydrogens (tertiary/aromatic N) is 1. The minimum Gasteiger partial charge on any atom is -0.485 e. The van der Waals surface area contributed by atoms with Crippen molar-refractivity contribution in [3.8, 4) is 5.75 Å². The summed E-state index contributed by atoms with van der Waals surface area (Å²) in [6, 6.07) is 6.78. The van der Waals surface area contributed by atoms with Crippen molar-refractivity contribution in [2.45, 2.75) is 26.9 Å². The SMILES string of the molecule is CC(C)CCNC(=O)c1cnc(N)c(OCc2c(Cl)cccc2Cl)c1. The highest BCUT2D eigenvalue weighted by Gasteiger charge is 2.12. The number of rotatable bonds is 7. The van der Waals surface area contributed by atoms with E-state index in [1.54, 1.807) is 24.3 Å². The van der Waals surface area contributed by atoms with Gasteiger partial charge in [-0.2, -0.15) is 0 Å². The quantitative estimate of drug-likeness (QED) is 0.748. The van der Waals surface area contributed by atoms with Crippen molar-refractivity contribution in [3.63, 3.8) is 0 Å². The Hall–Kier alpha value is -1.98. The van der Waals surface area contributed by atoms with Gasteiger partial charge in [-0.1, -0.05) is 43.1 Å². The Morgan fingerprint density at radius 1 is 1.32 bits per heavy atom. The summed E-state index contributed by atoms with van der Waals surface area (Å²) in [4.78, 5) is 16.2. The number of anilines is 1. The van der Waals surface area contributed by atoms with E-state index in [1.165, 1.54) is 6.20 Å². The van der Waals surface area contributed by atoms with Crippen molar-refractivity contribution >= 4 is 34.9 Å². The molecule has 0 aliphatic heterocycles. The van der Waals surface area contributed by atoms with Gasteiger partial charge in [0.05, 0.1) is 5.56 Å². The number of nitrogen functional groups attached to an aromatic ring is 1. The third-order valence-electron chi connectivity index (χ3n) is 3.58. The normalized spacial score (nSPS) is 10.8. The Kier molecular flexibility index (Phi) is 6.91. The highest BCUT2D eigenvalue weighted by molar-refractivity contribution is 6.35. The first kappa shape index (κ1) is 19.3. The van der Waals surface area contributed by atoms with Crippen molar-refractivity contribution in [2.75, 3.05) is 12.3 Å². The summed E-state index contributed by atoms with van der Waals surface area (Å²) in [6.07, 6.45) is 2.33. The van der Waals surface area contributed by atoms with Crippen LogP contribution in [0.3, 0.4) is 0 Å². The number of halogens is 2. The van der Waals surface area contributed by atoms with E-state index in [2.05, 4.69) is 24.1 Å². The number of hydrogen-bond acceptors (Lipinski definition) is 4. The van der Waals surface area contributed by atoms with Gasteiger partial charge in [-0.3, -0.25) is 4.79 Å². The number of nitrogens with one attached hydrogen (secondary N) is 1. The maximum absolute atomic E-state index is 12.2. The molecule has 1 aromatic heterocycles. The second kappa shape index (κ2) is 8.92. The monoisotopic (exact) mass is 381 g/mol. The second-order valence-electron chi connectivity index (χ2n) is 6.03. The summed E-state index contributed by atoms with van der Waals surface area (Å²) < 4.78 is 5.68. The van der Waals surface area contributed by atoms with Crippen LogP contribution >= 0.6 is 23.2 Å². The van der Waals surface area contributed by atoms with E-state index in [0.29, 0.717) is 39.4 Å². The van der Waals surface area contributed by atoms with Crippen LogP contribution in [0.5, 0.6) is 5.75 Å². The third kappa shape index (κ3) is 5.51. The van der Waals surface area contributed by atoms with E-state index in [1.807, 2.05) is 0 Å². The van der Waals surface area contributed by atoms with E-state index in [0.717, 1.165) is 6.42 Å². The molecule has 0 fully saturated rings. The van der Waals surface area contributed by atoms with Crippen LogP contribution in [0.2, 0.25) is 10.0 Å². The summed E-state index contributed by atoms with van der Waals surface area (Å²) in [5.74, 6) is 0.812. The number of benzene rings is 1. The fourth-order valence-electron chi connectivity index (χ4n) is 2.09. The van der Waals surface area contributed by atoms with Gasteiger partial charge in [0.15, 0.2) is 11.6 Å². The van der Waals surface area contributed by atoms with Gasteiger partial charge >= 0.3 is 0 Å². The molecule has 0 aliphatic carbocycles. The smallest absolute Gasteiger partial charge is 0.252 e. The molecule has 2 rings (SSSR count). The molecule has 3 N–H and O–H groups in total. The lowest BCUT2D eigenvalue weighted by atomic mass is 10.1. The molecule has 0 atom stereocenters. The van der Waals surface area contributed by atoms with Crippen LogP contribution in [0.25, 0.3) is 0 Å². The van der Waals surface area contributed by atoms with Crippen molar-refractivity contribution in [1.82, 2.24) is 10.3 Å². The number of carbonyl (C=O) groups excluding carboxylic acids is 1. The van der Waals surface area contributed by atoms with Gasteiger partial charge in [0, 0.05) is 28.4 Å². The molecule has 0 saturated heterocycles. The maximum Gasteiger partial charge on any atom is 0.252 e. The van der Waals surface area contributed by atoms with Crippen LogP contribution < -0.4 is 15.8 Å². The van der Waals surface area contributed by atoms with Crippen LogP contribution in [0, 0.1) is 5.92 Å². The summed E-state index contributed by atoms with van der Waals surface area (Å²) in [5, 5.41) is 3.85. The molecule has 134 valence electrons. The van der Waals surface area contributed by atoms with E-state index in [-0.39, 0.29) is 18.3 Å². The average molecular weight is 382 g/mol. The van der Waals surface area contributed by atoms with Gasteiger partial charge in [-0.05, 0) is 30.5 Å². The number of pyridine rings is 1. The molecular weight excluding hydrogens is 361 g/mol. The zero-order valence-corrected chi connectivity index (χ0v) is 15.7. The molecule has 25 heavy (non-hydrogen) atoms. The first-order chi connectivity index (χ1) is 11.9. The first-order valence-electron chi connectivity index (χ1n) is 7.98. The largest absolute Gasteiger partial charge is 0.485 e. The van der Waals surface area contributed by atoms with Gasteiger partial charge in [0.25, 0.3) is 5.91 Å². The Labute approximate surface area is 157 Å². The van der Waals surface area contributed by atoms with Crippen molar-refractivity contribution in [2.24, 2.45) is 5.92 Å². The molecule has 0 bridgehead atoms. The Balaban J connectivity index is 2.07. The van der Waals surface area contributed by atoms with Crippen LogP contribution in [0.15, 0.2) is 30.5 Å². The molecule has 7 heteroatoms. The molecule has 1 amide bonds. The lowest BCUT2D eigenvalue weighted by molar-refractivity contribution is 0.0951. The zero-order valence-electron chi connectivity index (χ0n) is 14.2. The van der Waals surface area contributed by atoms with Gasteiger partial charge in [0.1, 0.15) is 6.61 Å². The third-order valence-corrected chi connectivity index (χ3v) is 4.29. The van der Waals surface area contributed by atoms with Crippen LogP contribution in [-0.2, 0) is 6.61 Å². The van der Waals surface area contributed by atoms with Crippen molar-refractivity contribution < 1.29 is 9.53 Å². The molecule has 0 unspecified atom stereocenters. The minimum absolute atomic E-state index is 0.128. The molecular formula is C18H21Cl2N3O2. The fraction of sp³-hybridized carbons (Fsp3) is 0.333. The van der Waals surface area contributed by atoms with Crippen LogP contribution in [-0.4, -0.2) is 17.4 Å². The van der Waals surface area contributed by atoms with E-state index in [4.69, 9.17) is 33.7 Å². The second-order valence-corrected chi connectivity index (χ2v) is 6.85. The number of nitrogens with two attached hydrogens (primary N) is 1. The Bertz CT molecular complexity index is 731. The molecule has 0 aliphatic rings. The van der Waals surface area contributed by atoms with Crippen molar-refractivity contribution in [3.05, 3.63) is 51.6 Å². The van der Waals surface area contributed by atoms with Gasteiger partial charge in [0.2, 0.25) is 0 Å². The summed E-state index contributed by atoms with van der Waals surface area (Å²) in [7, 11) is 0. The summed E-state index contributed by atoms with van der Waals surface area (Å²) in [6.45, 7) is 4.93.